The van der Waals surface area contributed by atoms with E-state index >= 15 is 0 Å². The number of furan rings is 1. The van der Waals surface area contributed by atoms with Crippen LogP contribution in [0.15, 0.2) is 34.2 Å². The van der Waals surface area contributed by atoms with E-state index in [0.29, 0.717) is 17.4 Å². The number of carbonyl (C=O) groups is 1. The molecule has 0 saturated carbocycles. The lowest BCUT2D eigenvalue weighted by Gasteiger charge is -2.12. The highest BCUT2D eigenvalue weighted by Gasteiger charge is 2.11. The number of amides is 1. The van der Waals surface area contributed by atoms with Crippen molar-refractivity contribution >= 4 is 39.9 Å². The molecule has 0 bridgehead atoms. The van der Waals surface area contributed by atoms with Crippen molar-refractivity contribution in [3.8, 4) is 0 Å². The topological polar surface area (TPSA) is 50.8 Å². The third-order valence-corrected chi connectivity index (χ3v) is 4.24. The SMILES string of the molecule is Cc1ccc(CN(C)C(=O)/C=C/c2c(Cl)nc3sccn23)o1. The standard InChI is InChI=1S/C15H14ClN3O2S/c1-10-3-4-11(21-10)9-18(2)13(20)6-5-12-14(16)17-15-19(12)7-8-22-15/h3-8H,9H2,1-2H3/b6-5+. The molecule has 0 spiro atoms. The number of likely N-dealkylation sites (N-methyl/N-ethyl adjacent to an activating group) is 1. The highest BCUT2D eigenvalue weighted by molar-refractivity contribution is 7.15. The first-order chi connectivity index (χ1) is 10.5. The Kier molecular flexibility index (Phi) is 4.04. The van der Waals surface area contributed by atoms with Gasteiger partial charge in [0.1, 0.15) is 11.5 Å². The third kappa shape index (κ3) is 2.93. The normalized spacial score (nSPS) is 11.6. The third-order valence-electron chi connectivity index (χ3n) is 3.20. The highest BCUT2D eigenvalue weighted by atomic mass is 35.5. The lowest BCUT2D eigenvalue weighted by Crippen LogP contribution is -2.23. The molecule has 1 amide bonds. The van der Waals surface area contributed by atoms with Gasteiger partial charge in [0.15, 0.2) is 10.1 Å². The maximum Gasteiger partial charge on any atom is 0.246 e. The minimum Gasteiger partial charge on any atom is -0.464 e. The first-order valence-corrected chi connectivity index (χ1v) is 7.90. The Morgan fingerprint density at radius 2 is 2.36 bits per heavy atom. The van der Waals surface area contributed by atoms with Crippen LogP contribution in [0.2, 0.25) is 5.15 Å². The number of halogens is 1. The Balaban J connectivity index is 1.72. The van der Waals surface area contributed by atoms with E-state index in [2.05, 4.69) is 4.98 Å². The molecule has 5 nitrogen and oxygen atoms in total. The monoisotopic (exact) mass is 335 g/mol. The molecule has 0 aromatic carbocycles. The zero-order valence-electron chi connectivity index (χ0n) is 12.1. The first-order valence-electron chi connectivity index (χ1n) is 6.64. The van der Waals surface area contributed by atoms with Gasteiger partial charge in [-0.3, -0.25) is 9.20 Å². The zero-order chi connectivity index (χ0) is 15.7. The minimum absolute atomic E-state index is 0.129. The van der Waals surface area contributed by atoms with Gasteiger partial charge >= 0.3 is 0 Å². The number of nitrogens with zero attached hydrogens (tertiary/aromatic N) is 3. The van der Waals surface area contributed by atoms with Crippen LogP contribution in [-0.2, 0) is 11.3 Å². The average Bonchev–Trinajstić information content (AvgIpc) is 3.14. The zero-order valence-corrected chi connectivity index (χ0v) is 13.7. The Hall–Kier alpha value is -2.05. The summed E-state index contributed by atoms with van der Waals surface area (Å²) in [5.41, 5.74) is 0.702. The number of carbonyl (C=O) groups excluding carboxylic acids is 1. The molecule has 3 aromatic heterocycles. The van der Waals surface area contributed by atoms with E-state index in [9.17, 15) is 4.79 Å². The van der Waals surface area contributed by atoms with Crippen molar-refractivity contribution in [2.24, 2.45) is 0 Å². The maximum atomic E-state index is 12.2. The molecule has 3 heterocycles. The molecule has 3 aromatic rings. The molecule has 0 aliphatic rings. The summed E-state index contributed by atoms with van der Waals surface area (Å²) in [6, 6.07) is 3.74. The number of hydrogen-bond acceptors (Lipinski definition) is 4. The van der Waals surface area contributed by atoms with Crippen LogP contribution >= 0.6 is 22.9 Å². The average molecular weight is 336 g/mol. The van der Waals surface area contributed by atoms with Gasteiger partial charge in [-0.05, 0) is 25.1 Å². The molecule has 0 aliphatic carbocycles. The second-order valence-electron chi connectivity index (χ2n) is 4.88. The van der Waals surface area contributed by atoms with Crippen LogP contribution in [0, 0.1) is 6.92 Å². The Morgan fingerprint density at radius 1 is 1.55 bits per heavy atom. The van der Waals surface area contributed by atoms with E-state index in [-0.39, 0.29) is 5.91 Å². The summed E-state index contributed by atoms with van der Waals surface area (Å²) in [7, 11) is 1.72. The van der Waals surface area contributed by atoms with Crippen molar-refractivity contribution in [1.29, 1.82) is 0 Å². The molecule has 0 unspecified atom stereocenters. The molecule has 0 N–H and O–H groups in total. The van der Waals surface area contributed by atoms with E-state index in [4.69, 9.17) is 16.0 Å². The van der Waals surface area contributed by atoms with Gasteiger partial charge < -0.3 is 9.32 Å². The van der Waals surface area contributed by atoms with E-state index < -0.39 is 0 Å². The van der Waals surface area contributed by atoms with Crippen molar-refractivity contribution in [1.82, 2.24) is 14.3 Å². The molecular weight excluding hydrogens is 322 g/mol. The quantitative estimate of drug-likeness (QED) is 0.684. The minimum atomic E-state index is -0.129. The second kappa shape index (κ2) is 5.98. The number of thiazole rings is 1. The predicted molar refractivity (Wildman–Crippen MR) is 87.0 cm³/mol. The molecular formula is C15H14ClN3O2S. The van der Waals surface area contributed by atoms with E-state index in [1.807, 2.05) is 35.0 Å². The molecule has 0 aliphatic heterocycles. The van der Waals surface area contributed by atoms with Gasteiger partial charge in [-0.15, -0.1) is 11.3 Å². The number of rotatable bonds is 4. The lowest BCUT2D eigenvalue weighted by atomic mass is 10.3. The van der Waals surface area contributed by atoms with Crippen molar-refractivity contribution in [2.75, 3.05) is 7.05 Å². The summed E-state index contributed by atoms with van der Waals surface area (Å²) in [5, 5.41) is 2.31. The van der Waals surface area contributed by atoms with Gasteiger partial charge in [-0.2, -0.15) is 0 Å². The molecule has 0 atom stereocenters. The fraction of sp³-hybridized carbons (Fsp3) is 0.200. The number of imidazole rings is 1. The van der Waals surface area contributed by atoms with Gasteiger partial charge in [0.05, 0.1) is 12.2 Å². The first kappa shape index (κ1) is 14.9. The van der Waals surface area contributed by atoms with Gasteiger partial charge in [0.25, 0.3) is 0 Å². The largest absolute Gasteiger partial charge is 0.464 e. The summed E-state index contributed by atoms with van der Waals surface area (Å²) in [4.78, 5) is 18.8. The number of hydrogen-bond donors (Lipinski definition) is 0. The summed E-state index contributed by atoms with van der Waals surface area (Å²) >= 11 is 7.58. The van der Waals surface area contributed by atoms with Crippen LogP contribution in [0.25, 0.3) is 11.0 Å². The number of fused-ring (bicyclic) bond motifs is 1. The summed E-state index contributed by atoms with van der Waals surface area (Å²) in [6.07, 6.45) is 5.04. The van der Waals surface area contributed by atoms with Crippen LogP contribution in [0.5, 0.6) is 0 Å². The maximum absolute atomic E-state index is 12.2. The fourth-order valence-corrected chi connectivity index (χ4v) is 3.09. The van der Waals surface area contributed by atoms with Gasteiger partial charge in [-0.1, -0.05) is 11.6 Å². The molecule has 3 rings (SSSR count). The number of aromatic nitrogens is 2. The van der Waals surface area contributed by atoms with Crippen LogP contribution < -0.4 is 0 Å². The van der Waals surface area contributed by atoms with Crippen LogP contribution in [0.4, 0.5) is 0 Å². The van der Waals surface area contributed by atoms with Crippen molar-refractivity contribution < 1.29 is 9.21 Å². The molecule has 7 heteroatoms. The van der Waals surface area contributed by atoms with Gasteiger partial charge in [0.2, 0.25) is 5.91 Å². The lowest BCUT2D eigenvalue weighted by molar-refractivity contribution is -0.125. The van der Waals surface area contributed by atoms with E-state index in [0.717, 1.165) is 16.5 Å². The molecule has 0 radical (unpaired) electrons. The van der Waals surface area contributed by atoms with Crippen LogP contribution in [0.3, 0.4) is 0 Å². The van der Waals surface area contributed by atoms with Crippen molar-refractivity contribution in [3.05, 3.63) is 52.2 Å². The molecule has 0 fully saturated rings. The Bertz CT molecular complexity index is 846. The van der Waals surface area contributed by atoms with Crippen LogP contribution in [0.1, 0.15) is 17.2 Å². The van der Waals surface area contributed by atoms with E-state index in [1.54, 1.807) is 18.0 Å². The molecule has 22 heavy (non-hydrogen) atoms. The summed E-state index contributed by atoms with van der Waals surface area (Å²) in [6.45, 7) is 2.30. The highest BCUT2D eigenvalue weighted by Crippen LogP contribution is 2.22. The Morgan fingerprint density at radius 3 is 3.09 bits per heavy atom. The fourth-order valence-electron chi connectivity index (χ4n) is 2.09. The summed E-state index contributed by atoms with van der Waals surface area (Å²) in [5.74, 6) is 1.46. The van der Waals surface area contributed by atoms with Crippen LogP contribution in [-0.4, -0.2) is 27.2 Å². The van der Waals surface area contributed by atoms with Crippen molar-refractivity contribution in [2.45, 2.75) is 13.5 Å². The molecule has 114 valence electrons. The smallest absolute Gasteiger partial charge is 0.246 e. The second-order valence-corrected chi connectivity index (χ2v) is 6.11. The predicted octanol–water partition coefficient (Wildman–Crippen LogP) is 3.62. The summed E-state index contributed by atoms with van der Waals surface area (Å²) < 4.78 is 7.32. The molecule has 0 saturated heterocycles. The number of aryl methyl sites for hydroxylation is 1. The van der Waals surface area contributed by atoms with Crippen molar-refractivity contribution in [3.63, 3.8) is 0 Å². The van der Waals surface area contributed by atoms with Gasteiger partial charge in [-0.25, -0.2) is 4.98 Å². The van der Waals surface area contributed by atoms with E-state index in [1.165, 1.54) is 17.4 Å². The Labute approximate surface area is 136 Å². The van der Waals surface area contributed by atoms with Gasteiger partial charge in [0, 0.05) is 24.7 Å².